The summed E-state index contributed by atoms with van der Waals surface area (Å²) >= 11 is 0. The zero-order chi connectivity index (χ0) is 25.3. The Morgan fingerprint density at radius 3 is 2.42 bits per heavy atom. The van der Waals surface area contributed by atoms with Crippen molar-refractivity contribution in [3.8, 4) is 22.7 Å². The molecule has 3 aromatic rings. The second-order valence-electron chi connectivity index (χ2n) is 9.16. The minimum Gasteiger partial charge on any atom is -0.406 e. The van der Waals surface area contributed by atoms with E-state index in [9.17, 15) is 18.0 Å². The molecule has 0 unspecified atom stereocenters. The quantitative estimate of drug-likeness (QED) is 0.522. The molecule has 11 heteroatoms. The van der Waals surface area contributed by atoms with Crippen molar-refractivity contribution in [2.75, 3.05) is 26.2 Å². The highest BCUT2D eigenvalue weighted by molar-refractivity contribution is 6.01. The molecule has 0 bridgehead atoms. The van der Waals surface area contributed by atoms with Crippen molar-refractivity contribution < 1.29 is 22.7 Å². The molecule has 1 aromatic carbocycles. The summed E-state index contributed by atoms with van der Waals surface area (Å²) in [5.41, 5.74) is 2.20. The van der Waals surface area contributed by atoms with E-state index in [2.05, 4.69) is 24.7 Å². The van der Waals surface area contributed by atoms with E-state index in [-0.39, 0.29) is 11.7 Å². The van der Waals surface area contributed by atoms with Gasteiger partial charge in [0.1, 0.15) is 17.8 Å². The van der Waals surface area contributed by atoms with E-state index < -0.39 is 6.36 Å². The SMILES string of the molecule is Cc1c(C(=O)N2CCC(N3CCCC3)CC2)c(-c2cncnc2)nn1-c1cccc(OC(F)(F)F)c1. The molecule has 2 fully saturated rings. The second kappa shape index (κ2) is 9.88. The van der Waals surface area contributed by atoms with Crippen LogP contribution >= 0.6 is 0 Å². The molecule has 0 aliphatic carbocycles. The molecule has 190 valence electrons. The van der Waals surface area contributed by atoms with Gasteiger partial charge in [-0.2, -0.15) is 5.10 Å². The zero-order valence-corrected chi connectivity index (χ0v) is 19.9. The summed E-state index contributed by atoms with van der Waals surface area (Å²) in [6.45, 7) is 5.27. The van der Waals surface area contributed by atoms with Gasteiger partial charge in [0.15, 0.2) is 0 Å². The molecule has 5 rings (SSSR count). The highest BCUT2D eigenvalue weighted by atomic mass is 19.4. The smallest absolute Gasteiger partial charge is 0.406 e. The van der Waals surface area contributed by atoms with Crippen molar-refractivity contribution in [1.82, 2.24) is 29.5 Å². The van der Waals surface area contributed by atoms with Crippen LogP contribution in [0.25, 0.3) is 16.9 Å². The predicted octanol–water partition coefficient (Wildman–Crippen LogP) is 4.24. The fourth-order valence-corrected chi connectivity index (χ4v) is 5.14. The van der Waals surface area contributed by atoms with Gasteiger partial charge in [-0.15, -0.1) is 13.2 Å². The summed E-state index contributed by atoms with van der Waals surface area (Å²) in [6, 6.07) is 6.03. The maximum atomic E-state index is 13.8. The summed E-state index contributed by atoms with van der Waals surface area (Å²) in [7, 11) is 0. The molecule has 0 atom stereocenters. The lowest BCUT2D eigenvalue weighted by Gasteiger charge is -2.36. The molecule has 36 heavy (non-hydrogen) atoms. The van der Waals surface area contributed by atoms with E-state index >= 15 is 0 Å². The van der Waals surface area contributed by atoms with Crippen LogP contribution in [0.4, 0.5) is 13.2 Å². The third-order valence-electron chi connectivity index (χ3n) is 6.87. The van der Waals surface area contributed by atoms with Crippen molar-refractivity contribution in [2.45, 2.75) is 45.0 Å². The minimum atomic E-state index is -4.81. The van der Waals surface area contributed by atoms with Crippen LogP contribution < -0.4 is 4.74 Å². The number of hydrogen-bond acceptors (Lipinski definition) is 6. The van der Waals surface area contributed by atoms with Gasteiger partial charge in [-0.05, 0) is 57.8 Å². The first-order valence-electron chi connectivity index (χ1n) is 12.0. The van der Waals surface area contributed by atoms with E-state index in [4.69, 9.17) is 0 Å². The average molecular weight is 501 g/mol. The fraction of sp³-hybridized carbons (Fsp3) is 0.440. The topological polar surface area (TPSA) is 76.4 Å². The molecule has 2 saturated heterocycles. The molecule has 2 aromatic heterocycles. The first kappa shape index (κ1) is 24.2. The van der Waals surface area contributed by atoms with Crippen molar-refractivity contribution in [1.29, 1.82) is 0 Å². The first-order valence-corrected chi connectivity index (χ1v) is 12.0. The summed E-state index contributed by atoms with van der Waals surface area (Å²) in [5.74, 6) is -0.517. The number of aromatic nitrogens is 4. The lowest BCUT2D eigenvalue weighted by atomic mass is 10.0. The molecule has 1 amide bonds. The van der Waals surface area contributed by atoms with Crippen molar-refractivity contribution in [3.05, 3.63) is 54.2 Å². The highest BCUT2D eigenvalue weighted by Gasteiger charge is 2.33. The minimum absolute atomic E-state index is 0.153. The number of carbonyl (C=O) groups excluding carboxylic acids is 1. The normalized spacial score (nSPS) is 17.5. The van der Waals surface area contributed by atoms with Crippen LogP contribution in [-0.4, -0.2) is 74.0 Å². The number of hydrogen-bond donors (Lipinski definition) is 0. The molecule has 0 radical (unpaired) electrons. The Morgan fingerprint density at radius 2 is 1.75 bits per heavy atom. The average Bonchev–Trinajstić information content (AvgIpc) is 3.52. The molecule has 4 heterocycles. The molecule has 2 aliphatic rings. The molecule has 0 saturated carbocycles. The number of rotatable bonds is 5. The third-order valence-corrected chi connectivity index (χ3v) is 6.87. The Balaban J connectivity index is 1.47. The van der Waals surface area contributed by atoms with Crippen molar-refractivity contribution >= 4 is 5.91 Å². The van der Waals surface area contributed by atoms with Crippen LogP contribution in [0.15, 0.2) is 43.0 Å². The van der Waals surface area contributed by atoms with Gasteiger partial charge in [0, 0.05) is 43.2 Å². The maximum Gasteiger partial charge on any atom is 0.573 e. The molecular weight excluding hydrogens is 473 g/mol. The van der Waals surface area contributed by atoms with Gasteiger partial charge in [-0.25, -0.2) is 14.6 Å². The highest BCUT2D eigenvalue weighted by Crippen LogP contribution is 2.31. The van der Waals surface area contributed by atoms with Gasteiger partial charge in [0.25, 0.3) is 5.91 Å². The second-order valence-corrected chi connectivity index (χ2v) is 9.16. The number of alkyl halides is 3. The Kier molecular flexibility index (Phi) is 6.65. The molecule has 0 N–H and O–H groups in total. The molecule has 2 aliphatic heterocycles. The summed E-state index contributed by atoms with van der Waals surface area (Å²) < 4.78 is 43.9. The summed E-state index contributed by atoms with van der Waals surface area (Å²) in [6.07, 6.45) is 4.00. The Labute approximate surface area is 206 Å². The predicted molar refractivity (Wildman–Crippen MR) is 126 cm³/mol. The first-order chi connectivity index (χ1) is 17.3. The Morgan fingerprint density at radius 1 is 1.06 bits per heavy atom. The Bertz CT molecular complexity index is 1220. The largest absolute Gasteiger partial charge is 0.573 e. The van der Waals surface area contributed by atoms with Crippen LogP contribution in [-0.2, 0) is 0 Å². The van der Waals surface area contributed by atoms with E-state index in [0.29, 0.717) is 47.3 Å². The number of amides is 1. The Hall–Kier alpha value is -3.47. The maximum absolute atomic E-state index is 13.8. The van der Waals surface area contributed by atoms with E-state index in [1.54, 1.807) is 25.4 Å². The van der Waals surface area contributed by atoms with Crippen molar-refractivity contribution in [3.63, 3.8) is 0 Å². The standard InChI is InChI=1S/C25H27F3N6O2/c1-17-22(24(35)33-11-7-19(8-12-33)32-9-2-3-10-32)23(18-14-29-16-30-15-18)31-34(17)20-5-4-6-21(13-20)36-25(26,27)28/h4-6,13-16,19H,2-3,7-12H2,1H3. The molecule has 8 nitrogen and oxygen atoms in total. The van der Waals surface area contributed by atoms with Gasteiger partial charge in [0.2, 0.25) is 0 Å². The lowest BCUT2D eigenvalue weighted by molar-refractivity contribution is -0.274. The van der Waals surface area contributed by atoms with Gasteiger partial charge in [0.05, 0.1) is 16.9 Å². The van der Waals surface area contributed by atoms with Gasteiger partial charge >= 0.3 is 6.36 Å². The number of halogens is 3. The van der Waals surface area contributed by atoms with Crippen LogP contribution in [0.2, 0.25) is 0 Å². The zero-order valence-electron chi connectivity index (χ0n) is 19.9. The number of ether oxygens (including phenoxy) is 1. The number of nitrogens with zero attached hydrogens (tertiary/aromatic N) is 6. The monoisotopic (exact) mass is 500 g/mol. The van der Waals surface area contributed by atoms with Crippen LogP contribution in [0.1, 0.15) is 41.7 Å². The van der Waals surface area contributed by atoms with E-state index in [1.165, 1.54) is 42.0 Å². The molecule has 0 spiro atoms. The van der Waals surface area contributed by atoms with E-state index in [1.807, 2.05) is 4.90 Å². The van der Waals surface area contributed by atoms with Crippen molar-refractivity contribution in [2.24, 2.45) is 0 Å². The molecular formula is C25H27F3N6O2. The van der Waals surface area contributed by atoms with Crippen LogP contribution in [0, 0.1) is 6.92 Å². The third kappa shape index (κ3) is 5.06. The van der Waals surface area contributed by atoms with Gasteiger partial charge < -0.3 is 14.5 Å². The van der Waals surface area contributed by atoms with E-state index in [0.717, 1.165) is 25.9 Å². The fourth-order valence-electron chi connectivity index (χ4n) is 5.14. The number of piperidine rings is 1. The number of carbonyl (C=O) groups is 1. The van der Waals surface area contributed by atoms with Crippen LogP contribution in [0.5, 0.6) is 5.75 Å². The summed E-state index contributed by atoms with van der Waals surface area (Å²) in [5, 5.41) is 4.63. The lowest BCUT2D eigenvalue weighted by Crippen LogP contribution is -2.46. The van der Waals surface area contributed by atoms with Gasteiger partial charge in [-0.1, -0.05) is 6.07 Å². The van der Waals surface area contributed by atoms with Crippen LogP contribution in [0.3, 0.4) is 0 Å². The summed E-state index contributed by atoms with van der Waals surface area (Å²) in [4.78, 5) is 26.3. The number of benzene rings is 1. The number of likely N-dealkylation sites (tertiary alicyclic amines) is 2. The van der Waals surface area contributed by atoms with Gasteiger partial charge in [-0.3, -0.25) is 4.79 Å².